The number of amides is 1. The lowest BCUT2D eigenvalue weighted by Crippen LogP contribution is -2.29. The number of carbonyl (C=O) groups is 1. The van der Waals surface area contributed by atoms with Crippen LogP contribution in [0.5, 0.6) is 0 Å². The molecule has 0 spiro atoms. The highest BCUT2D eigenvalue weighted by Gasteiger charge is 2.21. The van der Waals surface area contributed by atoms with Crippen molar-refractivity contribution < 1.29 is 23.7 Å². The Morgan fingerprint density at radius 3 is 2.27 bits per heavy atom. The number of nitrogens with one attached hydrogen (secondary N) is 3. The third-order valence-electron chi connectivity index (χ3n) is 4.20. The SMILES string of the molecule is CSNCCOCCOCCNC(=O)OCCC(C)(C)SSC(C)OCCCCNC(C)C. The maximum absolute atomic E-state index is 11.8. The van der Waals surface area contributed by atoms with Crippen LogP contribution in [0.2, 0.25) is 0 Å². The molecule has 0 aromatic heterocycles. The molecule has 1 unspecified atom stereocenters. The van der Waals surface area contributed by atoms with Crippen molar-refractivity contribution in [3.05, 3.63) is 0 Å². The van der Waals surface area contributed by atoms with Gasteiger partial charge in [0.1, 0.15) is 5.44 Å². The van der Waals surface area contributed by atoms with E-state index in [0.29, 0.717) is 45.6 Å². The van der Waals surface area contributed by atoms with Gasteiger partial charge in [-0.2, -0.15) is 0 Å². The van der Waals surface area contributed by atoms with Crippen molar-refractivity contribution in [3.8, 4) is 0 Å². The molecule has 0 bridgehead atoms. The van der Waals surface area contributed by atoms with Gasteiger partial charge in [0, 0.05) is 30.5 Å². The van der Waals surface area contributed by atoms with Crippen LogP contribution in [0.15, 0.2) is 0 Å². The summed E-state index contributed by atoms with van der Waals surface area (Å²) in [6.07, 6.45) is 4.54. The Balaban J connectivity index is 3.60. The predicted molar refractivity (Wildman–Crippen MR) is 144 cm³/mol. The summed E-state index contributed by atoms with van der Waals surface area (Å²) in [5, 5.41) is 6.12. The molecule has 0 saturated carbocycles. The van der Waals surface area contributed by atoms with Gasteiger partial charge in [0.15, 0.2) is 0 Å². The first-order valence-corrected chi connectivity index (χ1v) is 15.2. The van der Waals surface area contributed by atoms with Crippen LogP contribution in [0.3, 0.4) is 0 Å². The highest BCUT2D eigenvalue weighted by Crippen LogP contribution is 2.40. The van der Waals surface area contributed by atoms with Crippen LogP contribution in [0, 0.1) is 0 Å². The van der Waals surface area contributed by atoms with E-state index in [1.807, 2.05) is 6.26 Å². The molecule has 0 saturated heterocycles. The largest absolute Gasteiger partial charge is 0.450 e. The molecule has 0 aliphatic heterocycles. The van der Waals surface area contributed by atoms with Gasteiger partial charge in [-0.1, -0.05) is 47.4 Å². The zero-order chi connectivity index (χ0) is 24.8. The quantitative estimate of drug-likeness (QED) is 0.0770. The molecule has 0 heterocycles. The Labute approximate surface area is 214 Å². The number of unbranched alkanes of at least 4 members (excludes halogenated alkanes) is 1. The monoisotopic (exact) mass is 529 g/mol. The summed E-state index contributed by atoms with van der Waals surface area (Å²) in [5.74, 6) is 0. The number of alkyl carbamates (subject to hydrolysis) is 1. The minimum atomic E-state index is -0.407. The van der Waals surface area contributed by atoms with Crippen molar-refractivity contribution in [2.45, 2.75) is 70.1 Å². The average molecular weight is 530 g/mol. The second-order valence-electron chi connectivity index (χ2n) is 8.33. The van der Waals surface area contributed by atoms with E-state index < -0.39 is 6.09 Å². The van der Waals surface area contributed by atoms with E-state index in [1.165, 1.54) is 0 Å². The van der Waals surface area contributed by atoms with Gasteiger partial charge < -0.3 is 29.6 Å². The Kier molecular flexibility index (Phi) is 22.7. The molecule has 0 fully saturated rings. The normalized spacial score (nSPS) is 12.8. The summed E-state index contributed by atoms with van der Waals surface area (Å²) >= 11 is 1.57. The summed E-state index contributed by atoms with van der Waals surface area (Å²) in [6, 6.07) is 0.538. The van der Waals surface area contributed by atoms with Gasteiger partial charge in [-0.05, 0) is 52.8 Å². The second kappa shape index (κ2) is 22.6. The molecule has 1 amide bonds. The lowest BCUT2D eigenvalue weighted by molar-refractivity contribution is 0.0506. The lowest BCUT2D eigenvalue weighted by atomic mass is 10.1. The Morgan fingerprint density at radius 2 is 1.61 bits per heavy atom. The first-order chi connectivity index (χ1) is 15.8. The zero-order valence-corrected chi connectivity index (χ0v) is 23.9. The molecule has 8 nitrogen and oxygen atoms in total. The second-order valence-corrected chi connectivity index (χ2v) is 12.2. The van der Waals surface area contributed by atoms with E-state index in [1.54, 1.807) is 33.5 Å². The standard InChI is InChI=1S/C22H47N3O5S3/c1-19(2)23-10-7-8-13-29-20(3)32-33-22(4,5)9-14-30-21(26)24-11-15-27-17-18-28-16-12-25-31-6/h19-20,23,25H,7-18H2,1-6H3,(H,24,26). The van der Waals surface area contributed by atoms with Crippen LogP contribution in [-0.4, -0.2) is 87.8 Å². The topological polar surface area (TPSA) is 90.1 Å². The van der Waals surface area contributed by atoms with Gasteiger partial charge in [0.25, 0.3) is 0 Å². The van der Waals surface area contributed by atoms with E-state index >= 15 is 0 Å². The third-order valence-corrected chi connectivity index (χ3v) is 8.31. The summed E-state index contributed by atoms with van der Waals surface area (Å²) in [4.78, 5) is 11.8. The minimum absolute atomic E-state index is 0.0157. The molecule has 198 valence electrons. The first kappa shape index (κ1) is 33.1. The van der Waals surface area contributed by atoms with Gasteiger partial charge >= 0.3 is 6.09 Å². The summed E-state index contributed by atoms with van der Waals surface area (Å²) in [5.41, 5.74) is 0.133. The Hall–Kier alpha value is 0.120. The molecular formula is C22H47N3O5S3. The molecular weight excluding hydrogens is 482 g/mol. The van der Waals surface area contributed by atoms with Crippen molar-refractivity contribution in [1.29, 1.82) is 0 Å². The van der Waals surface area contributed by atoms with Gasteiger partial charge in [0.2, 0.25) is 0 Å². The Morgan fingerprint density at radius 1 is 0.909 bits per heavy atom. The van der Waals surface area contributed by atoms with E-state index in [0.717, 1.165) is 39.0 Å². The zero-order valence-electron chi connectivity index (χ0n) is 21.4. The molecule has 0 aromatic carbocycles. The first-order valence-electron chi connectivity index (χ1n) is 11.8. The Bertz CT molecular complexity index is 463. The number of hydrogen-bond acceptors (Lipinski definition) is 10. The molecule has 1 atom stereocenters. The van der Waals surface area contributed by atoms with Crippen LogP contribution < -0.4 is 15.4 Å². The smallest absolute Gasteiger partial charge is 0.407 e. The van der Waals surface area contributed by atoms with Crippen molar-refractivity contribution in [2.75, 3.05) is 65.5 Å². The molecule has 33 heavy (non-hydrogen) atoms. The third kappa shape index (κ3) is 25.0. The number of hydrogen-bond donors (Lipinski definition) is 3. The molecule has 11 heteroatoms. The fourth-order valence-electron chi connectivity index (χ4n) is 2.34. The van der Waals surface area contributed by atoms with Gasteiger partial charge in [0.05, 0.1) is 33.0 Å². The highest BCUT2D eigenvalue weighted by molar-refractivity contribution is 8.77. The maximum atomic E-state index is 11.8. The van der Waals surface area contributed by atoms with Crippen molar-refractivity contribution in [2.24, 2.45) is 0 Å². The van der Waals surface area contributed by atoms with Gasteiger partial charge in [-0.25, -0.2) is 4.79 Å². The molecule has 3 N–H and O–H groups in total. The molecule has 0 aliphatic rings. The van der Waals surface area contributed by atoms with Crippen molar-refractivity contribution in [3.63, 3.8) is 0 Å². The number of carbonyl (C=O) groups excluding carboxylic acids is 1. The molecule has 0 aromatic rings. The van der Waals surface area contributed by atoms with E-state index in [9.17, 15) is 4.79 Å². The fraction of sp³-hybridized carbons (Fsp3) is 0.955. The van der Waals surface area contributed by atoms with Gasteiger partial charge in [-0.15, -0.1) is 0 Å². The maximum Gasteiger partial charge on any atom is 0.407 e. The minimum Gasteiger partial charge on any atom is -0.450 e. The molecule has 0 rings (SSSR count). The molecule has 0 aliphatic carbocycles. The van der Waals surface area contributed by atoms with Crippen LogP contribution in [0.1, 0.15) is 53.9 Å². The van der Waals surface area contributed by atoms with Crippen LogP contribution >= 0.6 is 33.5 Å². The number of rotatable bonds is 23. The summed E-state index contributed by atoms with van der Waals surface area (Å²) in [7, 11) is 3.51. The summed E-state index contributed by atoms with van der Waals surface area (Å²) < 4.78 is 25.1. The highest BCUT2D eigenvalue weighted by atomic mass is 33.1. The van der Waals surface area contributed by atoms with E-state index in [4.69, 9.17) is 18.9 Å². The van der Waals surface area contributed by atoms with E-state index in [2.05, 4.69) is 50.0 Å². The predicted octanol–water partition coefficient (Wildman–Crippen LogP) is 4.30. The van der Waals surface area contributed by atoms with Crippen molar-refractivity contribution >= 4 is 39.6 Å². The van der Waals surface area contributed by atoms with Crippen LogP contribution in [-0.2, 0) is 18.9 Å². The van der Waals surface area contributed by atoms with Gasteiger partial charge in [-0.3, -0.25) is 4.72 Å². The summed E-state index contributed by atoms with van der Waals surface area (Å²) in [6.45, 7) is 16.3. The van der Waals surface area contributed by atoms with Crippen LogP contribution in [0.4, 0.5) is 4.79 Å². The van der Waals surface area contributed by atoms with Crippen molar-refractivity contribution in [1.82, 2.24) is 15.4 Å². The van der Waals surface area contributed by atoms with E-state index in [-0.39, 0.29) is 10.2 Å². The lowest BCUT2D eigenvalue weighted by Gasteiger charge is -2.24. The average Bonchev–Trinajstić information content (AvgIpc) is 2.75. The fourth-order valence-corrected chi connectivity index (χ4v) is 4.94. The number of ether oxygens (including phenoxy) is 4. The van der Waals surface area contributed by atoms with Crippen LogP contribution in [0.25, 0.3) is 0 Å². The molecule has 0 radical (unpaired) electrons.